The van der Waals surface area contributed by atoms with Crippen LogP contribution in [0.25, 0.3) is 0 Å². The fourth-order valence-corrected chi connectivity index (χ4v) is 2.02. The Hall–Kier alpha value is -1.61. The second-order valence-corrected chi connectivity index (χ2v) is 4.48. The molecule has 0 aliphatic heterocycles. The minimum absolute atomic E-state index is 0.956. The van der Waals surface area contributed by atoms with Gasteiger partial charge >= 0.3 is 0 Å². The lowest BCUT2D eigenvalue weighted by Crippen LogP contribution is -2.17. The third kappa shape index (κ3) is 3.70. The quantitative estimate of drug-likeness (QED) is 0.758. The molecule has 3 heteroatoms. The first-order chi connectivity index (χ1) is 8.90. The van der Waals surface area contributed by atoms with Crippen LogP contribution < -0.4 is 5.32 Å². The van der Waals surface area contributed by atoms with E-state index in [0.717, 1.165) is 26.1 Å². The molecule has 0 aromatic carbocycles. The molecule has 96 valence electrons. The fourth-order valence-electron chi connectivity index (χ4n) is 2.02. The zero-order chi connectivity index (χ0) is 12.6. The van der Waals surface area contributed by atoms with Crippen molar-refractivity contribution in [3.05, 3.63) is 54.1 Å². The van der Waals surface area contributed by atoms with E-state index in [0.29, 0.717) is 0 Å². The average Bonchev–Trinajstić information content (AvgIpc) is 2.86. The highest BCUT2D eigenvalue weighted by molar-refractivity contribution is 5.11. The molecule has 0 fully saturated rings. The zero-order valence-corrected chi connectivity index (χ0v) is 11.0. The highest BCUT2D eigenvalue weighted by Crippen LogP contribution is 2.06. The molecule has 3 nitrogen and oxygen atoms in total. The SMILES string of the molecule is CCCNCc1cccn1CCc1ccncc1. The van der Waals surface area contributed by atoms with Gasteiger partial charge in [-0.15, -0.1) is 0 Å². The maximum absolute atomic E-state index is 4.04. The Morgan fingerprint density at radius 3 is 2.83 bits per heavy atom. The Kier molecular flexibility index (Phi) is 4.97. The third-order valence-corrected chi connectivity index (χ3v) is 3.05. The number of aryl methyl sites for hydroxylation is 2. The molecule has 2 heterocycles. The van der Waals surface area contributed by atoms with E-state index in [-0.39, 0.29) is 0 Å². The summed E-state index contributed by atoms with van der Waals surface area (Å²) in [6, 6.07) is 8.47. The topological polar surface area (TPSA) is 29.9 Å². The molecule has 0 unspecified atom stereocenters. The van der Waals surface area contributed by atoms with Crippen molar-refractivity contribution in [2.24, 2.45) is 0 Å². The van der Waals surface area contributed by atoms with Crippen LogP contribution in [0, 0.1) is 0 Å². The number of nitrogens with one attached hydrogen (secondary N) is 1. The molecule has 2 aromatic rings. The molecule has 0 radical (unpaired) electrons. The fraction of sp³-hybridized carbons (Fsp3) is 0.400. The minimum atomic E-state index is 0.956. The third-order valence-electron chi connectivity index (χ3n) is 3.05. The highest BCUT2D eigenvalue weighted by Gasteiger charge is 2.00. The van der Waals surface area contributed by atoms with Crippen LogP contribution in [0.4, 0.5) is 0 Å². The van der Waals surface area contributed by atoms with Crippen LogP contribution in [0.15, 0.2) is 42.9 Å². The largest absolute Gasteiger partial charge is 0.350 e. The van der Waals surface area contributed by atoms with Gasteiger partial charge in [0.05, 0.1) is 0 Å². The van der Waals surface area contributed by atoms with E-state index >= 15 is 0 Å². The standard InChI is InChI=1S/C15H21N3/c1-2-8-17-13-15-4-3-11-18(15)12-7-14-5-9-16-10-6-14/h3-6,9-11,17H,2,7-8,12-13H2,1H3. The molecule has 0 saturated carbocycles. The molecule has 0 aliphatic rings. The van der Waals surface area contributed by atoms with Crippen molar-refractivity contribution in [3.63, 3.8) is 0 Å². The molecule has 0 amide bonds. The molecule has 1 N–H and O–H groups in total. The second kappa shape index (κ2) is 6.97. The van der Waals surface area contributed by atoms with E-state index in [1.54, 1.807) is 0 Å². The molecule has 0 atom stereocenters. The summed E-state index contributed by atoms with van der Waals surface area (Å²) in [6.07, 6.45) is 8.10. The van der Waals surface area contributed by atoms with Crippen LogP contribution in [0.3, 0.4) is 0 Å². The van der Waals surface area contributed by atoms with Gasteiger partial charge in [-0.25, -0.2) is 0 Å². The van der Waals surface area contributed by atoms with Gasteiger partial charge in [-0.3, -0.25) is 4.98 Å². The molecule has 18 heavy (non-hydrogen) atoms. The Labute approximate surface area is 109 Å². The number of hydrogen-bond donors (Lipinski definition) is 1. The van der Waals surface area contributed by atoms with E-state index in [2.05, 4.69) is 52.3 Å². The molecular formula is C15H21N3. The first kappa shape index (κ1) is 12.8. The monoisotopic (exact) mass is 243 g/mol. The van der Waals surface area contributed by atoms with Crippen LogP contribution in [-0.4, -0.2) is 16.1 Å². The highest BCUT2D eigenvalue weighted by atomic mass is 15.0. The van der Waals surface area contributed by atoms with E-state index in [4.69, 9.17) is 0 Å². The Morgan fingerprint density at radius 1 is 1.22 bits per heavy atom. The van der Waals surface area contributed by atoms with Crippen molar-refractivity contribution in [2.45, 2.75) is 32.9 Å². The maximum atomic E-state index is 4.04. The lowest BCUT2D eigenvalue weighted by Gasteiger charge is -2.10. The van der Waals surface area contributed by atoms with E-state index in [9.17, 15) is 0 Å². The normalized spacial score (nSPS) is 10.7. The van der Waals surface area contributed by atoms with Crippen molar-refractivity contribution in [1.29, 1.82) is 0 Å². The first-order valence-electron chi connectivity index (χ1n) is 6.64. The summed E-state index contributed by atoms with van der Waals surface area (Å²) < 4.78 is 2.32. The molecule has 0 bridgehead atoms. The Balaban J connectivity index is 1.87. The van der Waals surface area contributed by atoms with Crippen LogP contribution in [0.5, 0.6) is 0 Å². The van der Waals surface area contributed by atoms with Gasteiger partial charge in [-0.2, -0.15) is 0 Å². The summed E-state index contributed by atoms with van der Waals surface area (Å²) >= 11 is 0. The average molecular weight is 243 g/mol. The zero-order valence-electron chi connectivity index (χ0n) is 11.0. The van der Waals surface area contributed by atoms with Crippen molar-refractivity contribution in [3.8, 4) is 0 Å². The van der Waals surface area contributed by atoms with Crippen molar-refractivity contribution in [2.75, 3.05) is 6.54 Å². The van der Waals surface area contributed by atoms with Crippen LogP contribution in [-0.2, 0) is 19.5 Å². The van der Waals surface area contributed by atoms with Gasteiger partial charge in [0.15, 0.2) is 0 Å². The molecule has 0 spiro atoms. The molecule has 0 saturated heterocycles. The molecule has 2 rings (SSSR count). The minimum Gasteiger partial charge on any atom is -0.350 e. The summed E-state index contributed by atoms with van der Waals surface area (Å²) in [6.45, 7) is 5.25. The van der Waals surface area contributed by atoms with Crippen molar-refractivity contribution < 1.29 is 0 Å². The predicted octanol–water partition coefficient (Wildman–Crippen LogP) is 2.63. The number of hydrogen-bond acceptors (Lipinski definition) is 2. The molecule has 2 aromatic heterocycles. The summed E-state index contributed by atoms with van der Waals surface area (Å²) in [7, 11) is 0. The van der Waals surface area contributed by atoms with Gasteiger partial charge < -0.3 is 9.88 Å². The maximum Gasteiger partial charge on any atom is 0.0359 e. The summed E-state index contributed by atoms with van der Waals surface area (Å²) in [5, 5.41) is 3.45. The van der Waals surface area contributed by atoms with Crippen molar-refractivity contribution >= 4 is 0 Å². The van der Waals surface area contributed by atoms with Crippen LogP contribution >= 0.6 is 0 Å². The van der Waals surface area contributed by atoms with Gasteiger partial charge in [0.2, 0.25) is 0 Å². The molecular weight excluding hydrogens is 222 g/mol. The van der Waals surface area contributed by atoms with Crippen molar-refractivity contribution in [1.82, 2.24) is 14.9 Å². The van der Waals surface area contributed by atoms with E-state index < -0.39 is 0 Å². The molecule has 0 aliphatic carbocycles. The van der Waals surface area contributed by atoms with Gasteiger partial charge in [-0.1, -0.05) is 6.92 Å². The summed E-state index contributed by atoms with van der Waals surface area (Å²) in [5.41, 5.74) is 2.70. The number of rotatable bonds is 7. The summed E-state index contributed by atoms with van der Waals surface area (Å²) in [5.74, 6) is 0. The number of aromatic nitrogens is 2. The van der Waals surface area contributed by atoms with Crippen LogP contribution in [0.2, 0.25) is 0 Å². The van der Waals surface area contributed by atoms with Gasteiger partial charge in [0, 0.05) is 37.4 Å². The first-order valence-corrected chi connectivity index (χ1v) is 6.64. The smallest absolute Gasteiger partial charge is 0.0359 e. The summed E-state index contributed by atoms with van der Waals surface area (Å²) in [4.78, 5) is 4.04. The van der Waals surface area contributed by atoms with Gasteiger partial charge in [-0.05, 0) is 49.2 Å². The van der Waals surface area contributed by atoms with E-state index in [1.807, 2.05) is 12.4 Å². The lowest BCUT2D eigenvalue weighted by molar-refractivity contribution is 0.605. The lowest BCUT2D eigenvalue weighted by atomic mass is 10.2. The van der Waals surface area contributed by atoms with Gasteiger partial charge in [0.25, 0.3) is 0 Å². The predicted molar refractivity (Wildman–Crippen MR) is 74.4 cm³/mol. The Bertz CT molecular complexity index is 448. The van der Waals surface area contributed by atoms with E-state index in [1.165, 1.54) is 17.7 Å². The number of pyridine rings is 1. The Morgan fingerprint density at radius 2 is 2.06 bits per heavy atom. The van der Waals surface area contributed by atoms with Crippen LogP contribution in [0.1, 0.15) is 24.6 Å². The van der Waals surface area contributed by atoms with Gasteiger partial charge in [0.1, 0.15) is 0 Å². The number of nitrogens with zero attached hydrogens (tertiary/aromatic N) is 2. The second-order valence-electron chi connectivity index (χ2n) is 4.48.